The largest absolute Gasteiger partial charge is 0.422 e. The van der Waals surface area contributed by atoms with Crippen LogP contribution in [-0.4, -0.2) is 0 Å². The van der Waals surface area contributed by atoms with Crippen LogP contribution < -0.4 is 5.63 Å². The number of fused-ring (bicyclic) bond motifs is 1. The summed E-state index contributed by atoms with van der Waals surface area (Å²) in [4.78, 5) is 10.8. The second kappa shape index (κ2) is 6.75. The van der Waals surface area contributed by atoms with E-state index in [4.69, 9.17) is 4.42 Å². The van der Waals surface area contributed by atoms with Crippen molar-refractivity contribution < 1.29 is 26.4 Å². The van der Waals surface area contributed by atoms with Gasteiger partial charge in [0.25, 0.3) is 0 Å². The van der Waals surface area contributed by atoms with E-state index < -0.39 is 39.6 Å². The Hall–Kier alpha value is -2.35. The van der Waals surface area contributed by atoms with Gasteiger partial charge in [-0.3, -0.25) is 0 Å². The molecule has 0 unspecified atom stereocenters. The van der Waals surface area contributed by atoms with Crippen molar-refractivity contribution in [1.29, 1.82) is 0 Å². The lowest BCUT2D eigenvalue weighted by Crippen LogP contribution is -2.04. The van der Waals surface area contributed by atoms with Crippen LogP contribution in [0.2, 0.25) is 0 Å². The van der Waals surface area contributed by atoms with Crippen LogP contribution in [0.1, 0.15) is 16.7 Å². The van der Waals surface area contributed by atoms with E-state index in [2.05, 4.69) is 0 Å². The van der Waals surface area contributed by atoms with Gasteiger partial charge in [0.05, 0.1) is 4.90 Å². The van der Waals surface area contributed by atoms with E-state index >= 15 is 0 Å². The van der Waals surface area contributed by atoms with Crippen molar-refractivity contribution in [2.45, 2.75) is 24.5 Å². The number of thioether (sulfide) groups is 1. The molecule has 0 spiro atoms. The van der Waals surface area contributed by atoms with Crippen LogP contribution >= 0.6 is 11.8 Å². The highest BCUT2D eigenvalue weighted by atomic mass is 32.2. The molecule has 0 saturated heterocycles. The Kier molecular flexibility index (Phi) is 4.79. The Balaban J connectivity index is 2.07. The van der Waals surface area contributed by atoms with Gasteiger partial charge in [-0.1, -0.05) is 12.1 Å². The molecule has 0 N–H and O–H groups in total. The van der Waals surface area contributed by atoms with Crippen LogP contribution in [0.15, 0.2) is 32.3 Å². The van der Waals surface area contributed by atoms with Crippen LogP contribution in [0.25, 0.3) is 11.0 Å². The highest BCUT2D eigenvalue weighted by Gasteiger charge is 2.26. The monoisotopic (exact) mass is 386 g/mol. The smallest absolute Gasteiger partial charge is 0.336 e. The molecule has 8 heteroatoms. The van der Waals surface area contributed by atoms with E-state index in [1.54, 1.807) is 19.1 Å². The highest BCUT2D eigenvalue weighted by molar-refractivity contribution is 7.98. The molecule has 0 aliphatic carbocycles. The molecular formula is C18H11F5O2S. The number of aryl methyl sites for hydroxylation is 2. The van der Waals surface area contributed by atoms with E-state index in [0.717, 1.165) is 17.2 Å². The quantitative estimate of drug-likeness (QED) is 0.199. The summed E-state index contributed by atoms with van der Waals surface area (Å²) in [5.41, 5.74) is 1.63. The van der Waals surface area contributed by atoms with Gasteiger partial charge in [-0.15, -0.1) is 11.8 Å². The van der Waals surface area contributed by atoms with Crippen molar-refractivity contribution in [3.8, 4) is 0 Å². The molecule has 0 radical (unpaired) electrons. The molecule has 2 nitrogen and oxygen atoms in total. The maximum Gasteiger partial charge on any atom is 0.336 e. The molecule has 0 fully saturated rings. The SMILES string of the molecule is Cc1ccc2c(CSc3c(F)c(F)c(F)c(F)c3F)cc(=O)oc2c1C. The minimum Gasteiger partial charge on any atom is -0.422 e. The first-order valence-electron chi connectivity index (χ1n) is 7.39. The van der Waals surface area contributed by atoms with E-state index in [9.17, 15) is 26.7 Å². The van der Waals surface area contributed by atoms with E-state index in [-0.39, 0.29) is 5.75 Å². The summed E-state index contributed by atoms with van der Waals surface area (Å²) in [6, 6.07) is 4.59. The predicted molar refractivity (Wildman–Crippen MR) is 87.8 cm³/mol. The Morgan fingerprint density at radius 3 is 2.12 bits per heavy atom. The fourth-order valence-corrected chi connectivity index (χ4v) is 3.48. The summed E-state index contributed by atoms with van der Waals surface area (Å²) >= 11 is 0.420. The van der Waals surface area contributed by atoms with Gasteiger partial charge in [0.15, 0.2) is 23.3 Å². The van der Waals surface area contributed by atoms with Gasteiger partial charge in [-0.25, -0.2) is 26.7 Å². The molecule has 136 valence electrons. The molecule has 0 aliphatic heterocycles. The van der Waals surface area contributed by atoms with Crippen molar-refractivity contribution >= 4 is 22.7 Å². The molecule has 1 aromatic heterocycles. The standard InChI is InChI=1S/C18H11F5O2S/c1-7-3-4-10-9(5-11(24)25-17(10)8(7)2)6-26-18-15(22)13(20)12(19)14(21)16(18)23/h3-5H,6H2,1-2H3. The lowest BCUT2D eigenvalue weighted by Gasteiger charge is -2.10. The maximum atomic E-state index is 13.8. The van der Waals surface area contributed by atoms with Gasteiger partial charge < -0.3 is 4.42 Å². The number of hydrogen-bond acceptors (Lipinski definition) is 3. The molecule has 26 heavy (non-hydrogen) atoms. The number of rotatable bonds is 3. The molecule has 3 rings (SSSR count). The normalized spacial score (nSPS) is 11.3. The molecule has 0 saturated carbocycles. The topological polar surface area (TPSA) is 30.2 Å². The maximum absolute atomic E-state index is 13.8. The van der Waals surface area contributed by atoms with Crippen molar-refractivity contribution in [3.05, 3.63) is 74.4 Å². The average molecular weight is 386 g/mol. The van der Waals surface area contributed by atoms with Crippen LogP contribution in [-0.2, 0) is 5.75 Å². The van der Waals surface area contributed by atoms with E-state index in [1.807, 2.05) is 6.92 Å². The van der Waals surface area contributed by atoms with Gasteiger partial charge >= 0.3 is 5.63 Å². The first-order chi connectivity index (χ1) is 12.2. The fourth-order valence-electron chi connectivity index (χ4n) is 2.51. The first-order valence-corrected chi connectivity index (χ1v) is 8.38. The molecule has 0 aliphatic rings. The van der Waals surface area contributed by atoms with Gasteiger partial charge in [-0.2, -0.15) is 0 Å². The lowest BCUT2D eigenvalue weighted by atomic mass is 10.0. The Bertz CT molecular complexity index is 1060. The molecule has 2 aromatic carbocycles. The molecule has 3 aromatic rings. The zero-order valence-corrected chi connectivity index (χ0v) is 14.4. The summed E-state index contributed by atoms with van der Waals surface area (Å²) in [6.45, 7) is 3.58. The molecule has 1 heterocycles. The zero-order valence-electron chi connectivity index (χ0n) is 13.6. The third-order valence-corrected chi connectivity index (χ3v) is 5.16. The minimum absolute atomic E-state index is 0.178. The predicted octanol–water partition coefficient (Wildman–Crippen LogP) is 5.40. The third kappa shape index (κ3) is 2.98. The summed E-state index contributed by atoms with van der Waals surface area (Å²) < 4.78 is 72.5. The first kappa shape index (κ1) is 18.4. The average Bonchev–Trinajstić information content (AvgIpc) is 2.61. The van der Waals surface area contributed by atoms with E-state index in [1.165, 1.54) is 0 Å². The number of halogens is 5. The van der Waals surface area contributed by atoms with Crippen LogP contribution in [0.5, 0.6) is 0 Å². The molecular weight excluding hydrogens is 375 g/mol. The molecule has 0 amide bonds. The Morgan fingerprint density at radius 2 is 1.50 bits per heavy atom. The third-order valence-electron chi connectivity index (χ3n) is 4.06. The lowest BCUT2D eigenvalue weighted by molar-refractivity contribution is 0.361. The Labute approximate surface area is 148 Å². The van der Waals surface area contributed by atoms with Crippen LogP contribution in [0.3, 0.4) is 0 Å². The van der Waals surface area contributed by atoms with Gasteiger partial charge in [0.2, 0.25) is 5.82 Å². The van der Waals surface area contributed by atoms with E-state index in [0.29, 0.717) is 28.3 Å². The summed E-state index contributed by atoms with van der Waals surface area (Å²) in [5, 5.41) is 0.532. The zero-order chi connectivity index (χ0) is 19.2. The van der Waals surface area contributed by atoms with Gasteiger partial charge in [0.1, 0.15) is 5.58 Å². The Morgan fingerprint density at radius 1 is 0.923 bits per heavy atom. The molecule has 0 atom stereocenters. The van der Waals surface area contributed by atoms with Crippen LogP contribution in [0, 0.1) is 42.9 Å². The van der Waals surface area contributed by atoms with Crippen LogP contribution in [0.4, 0.5) is 22.0 Å². The highest BCUT2D eigenvalue weighted by Crippen LogP contribution is 2.34. The number of hydrogen-bond donors (Lipinski definition) is 0. The second-order valence-corrected chi connectivity index (χ2v) is 6.65. The molecule has 0 bridgehead atoms. The van der Waals surface area contributed by atoms with Crippen molar-refractivity contribution in [1.82, 2.24) is 0 Å². The fraction of sp³-hybridized carbons (Fsp3) is 0.167. The van der Waals surface area contributed by atoms with Crippen molar-refractivity contribution in [2.24, 2.45) is 0 Å². The number of benzene rings is 2. The summed E-state index contributed by atoms with van der Waals surface area (Å²) in [6.07, 6.45) is 0. The van der Waals surface area contributed by atoms with Crippen molar-refractivity contribution in [2.75, 3.05) is 0 Å². The van der Waals surface area contributed by atoms with Gasteiger partial charge in [0, 0.05) is 17.2 Å². The minimum atomic E-state index is -2.21. The van der Waals surface area contributed by atoms with Gasteiger partial charge in [-0.05, 0) is 30.5 Å². The summed E-state index contributed by atoms with van der Waals surface area (Å²) in [7, 11) is 0. The van der Waals surface area contributed by atoms with Crippen molar-refractivity contribution in [3.63, 3.8) is 0 Å². The second-order valence-electron chi connectivity index (χ2n) is 5.66. The summed E-state index contributed by atoms with van der Waals surface area (Å²) in [5.74, 6) is -10.2.